The van der Waals surface area contributed by atoms with E-state index in [1.54, 1.807) is 36.4 Å². The number of hydrogen-bond donors (Lipinski definition) is 2. The van der Waals surface area contributed by atoms with Crippen molar-refractivity contribution in [1.82, 2.24) is 4.72 Å². The minimum atomic E-state index is -3.87. The fraction of sp³-hybridized carbons (Fsp3) is 0.125. The number of fused-ring (bicyclic) bond motifs is 1. The number of hydrogen-bond acceptors (Lipinski definition) is 4. The molecule has 1 atom stereocenters. The highest BCUT2D eigenvalue weighted by atomic mass is 32.2. The molecule has 158 valence electrons. The van der Waals surface area contributed by atoms with E-state index in [9.17, 15) is 13.2 Å². The number of anilines is 1. The molecule has 31 heavy (non-hydrogen) atoms. The summed E-state index contributed by atoms with van der Waals surface area (Å²) >= 11 is 0. The summed E-state index contributed by atoms with van der Waals surface area (Å²) in [6, 6.07) is 23.8. The molecule has 6 nitrogen and oxygen atoms in total. The van der Waals surface area contributed by atoms with Crippen LogP contribution < -0.4 is 10.0 Å². The Kier molecular flexibility index (Phi) is 5.88. The zero-order chi connectivity index (χ0) is 21.8. The fourth-order valence-electron chi connectivity index (χ4n) is 3.27. The number of carbonyl (C=O) groups is 1. The summed E-state index contributed by atoms with van der Waals surface area (Å²) in [7, 11) is -3.87. The summed E-state index contributed by atoms with van der Waals surface area (Å²) in [6.45, 7) is 1.88. The third-order valence-electron chi connectivity index (χ3n) is 4.86. The Morgan fingerprint density at radius 2 is 1.61 bits per heavy atom. The molecule has 0 spiro atoms. The van der Waals surface area contributed by atoms with Crippen LogP contribution in [0.3, 0.4) is 0 Å². The van der Waals surface area contributed by atoms with Gasteiger partial charge < -0.3 is 9.73 Å². The van der Waals surface area contributed by atoms with Crippen molar-refractivity contribution in [1.29, 1.82) is 0 Å². The van der Waals surface area contributed by atoms with Crippen LogP contribution in [0.15, 0.2) is 94.2 Å². The van der Waals surface area contributed by atoms with E-state index in [1.165, 1.54) is 12.1 Å². The molecule has 0 aliphatic carbocycles. The zero-order valence-electron chi connectivity index (χ0n) is 16.9. The van der Waals surface area contributed by atoms with E-state index < -0.39 is 16.1 Å². The van der Waals surface area contributed by atoms with Gasteiger partial charge in [0, 0.05) is 11.1 Å². The first-order valence-corrected chi connectivity index (χ1v) is 11.3. The van der Waals surface area contributed by atoms with Crippen molar-refractivity contribution in [3.63, 3.8) is 0 Å². The summed E-state index contributed by atoms with van der Waals surface area (Å²) in [6.07, 6.45) is -0.125. The molecule has 0 saturated carbocycles. The van der Waals surface area contributed by atoms with Crippen molar-refractivity contribution in [2.75, 3.05) is 5.32 Å². The van der Waals surface area contributed by atoms with Gasteiger partial charge in [0.1, 0.15) is 11.3 Å². The SMILES string of the molecule is Cc1ccc(S(=O)(=O)NC(CC(=O)Nc2ccccc2)c2cc3ccccc3o2)cc1. The Bertz CT molecular complexity index is 1260. The lowest BCUT2D eigenvalue weighted by molar-refractivity contribution is -0.116. The molecule has 3 aromatic carbocycles. The molecule has 1 amide bonds. The van der Waals surface area contributed by atoms with Gasteiger partial charge in [0.25, 0.3) is 0 Å². The number of benzene rings is 3. The normalized spacial score (nSPS) is 12.5. The number of amides is 1. The molecule has 0 bridgehead atoms. The fourth-order valence-corrected chi connectivity index (χ4v) is 4.47. The minimum Gasteiger partial charge on any atom is -0.459 e. The van der Waals surface area contributed by atoms with Gasteiger partial charge in [-0.05, 0) is 43.3 Å². The number of para-hydroxylation sites is 2. The van der Waals surface area contributed by atoms with Crippen LogP contribution in [0.4, 0.5) is 5.69 Å². The topological polar surface area (TPSA) is 88.4 Å². The van der Waals surface area contributed by atoms with Gasteiger partial charge in [-0.1, -0.05) is 54.1 Å². The molecular weight excluding hydrogens is 412 g/mol. The van der Waals surface area contributed by atoms with Crippen molar-refractivity contribution in [2.45, 2.75) is 24.3 Å². The summed E-state index contributed by atoms with van der Waals surface area (Å²) < 4.78 is 34.5. The Morgan fingerprint density at radius 3 is 2.32 bits per heavy atom. The first kappa shape index (κ1) is 20.8. The van der Waals surface area contributed by atoms with Gasteiger partial charge in [-0.2, -0.15) is 4.72 Å². The summed E-state index contributed by atoms with van der Waals surface area (Å²) in [5.74, 6) is 0.0448. The van der Waals surface area contributed by atoms with E-state index in [1.807, 2.05) is 43.3 Å². The lowest BCUT2D eigenvalue weighted by Gasteiger charge is -2.17. The first-order chi connectivity index (χ1) is 14.9. The average Bonchev–Trinajstić information content (AvgIpc) is 3.18. The highest BCUT2D eigenvalue weighted by molar-refractivity contribution is 7.89. The molecular formula is C24H22N2O4S. The molecule has 4 aromatic rings. The predicted octanol–water partition coefficient (Wildman–Crippen LogP) is 4.79. The van der Waals surface area contributed by atoms with Crippen molar-refractivity contribution in [3.05, 3.63) is 96.3 Å². The lowest BCUT2D eigenvalue weighted by atomic mass is 10.1. The molecule has 7 heteroatoms. The first-order valence-electron chi connectivity index (χ1n) is 9.83. The maximum atomic E-state index is 13.0. The number of nitrogens with one attached hydrogen (secondary N) is 2. The molecule has 0 aliphatic rings. The Hall–Kier alpha value is -3.42. The highest BCUT2D eigenvalue weighted by Crippen LogP contribution is 2.28. The highest BCUT2D eigenvalue weighted by Gasteiger charge is 2.26. The van der Waals surface area contributed by atoms with E-state index in [-0.39, 0.29) is 17.2 Å². The van der Waals surface area contributed by atoms with Gasteiger partial charge in [0.15, 0.2) is 0 Å². The van der Waals surface area contributed by atoms with Crippen LogP contribution >= 0.6 is 0 Å². The van der Waals surface area contributed by atoms with Gasteiger partial charge in [0.05, 0.1) is 17.4 Å². The van der Waals surface area contributed by atoms with Gasteiger partial charge >= 0.3 is 0 Å². The van der Waals surface area contributed by atoms with Crippen LogP contribution in [-0.4, -0.2) is 14.3 Å². The molecule has 1 unspecified atom stereocenters. The molecule has 2 N–H and O–H groups in total. The van der Waals surface area contributed by atoms with Gasteiger partial charge in [-0.25, -0.2) is 8.42 Å². The number of aryl methyl sites for hydroxylation is 1. The predicted molar refractivity (Wildman–Crippen MR) is 120 cm³/mol. The van der Waals surface area contributed by atoms with Crippen LogP contribution in [-0.2, 0) is 14.8 Å². The van der Waals surface area contributed by atoms with Crippen LogP contribution in [0.5, 0.6) is 0 Å². The Morgan fingerprint density at radius 1 is 0.935 bits per heavy atom. The van der Waals surface area contributed by atoms with Crippen LogP contribution in [0.25, 0.3) is 11.0 Å². The third kappa shape index (κ3) is 5.02. The summed E-state index contributed by atoms with van der Waals surface area (Å²) in [5, 5.41) is 3.63. The second kappa shape index (κ2) is 8.75. The van der Waals surface area contributed by atoms with Crippen LogP contribution in [0.1, 0.15) is 23.8 Å². The van der Waals surface area contributed by atoms with E-state index in [0.717, 1.165) is 10.9 Å². The van der Waals surface area contributed by atoms with E-state index >= 15 is 0 Å². The minimum absolute atomic E-state index is 0.125. The lowest BCUT2D eigenvalue weighted by Crippen LogP contribution is -2.31. The van der Waals surface area contributed by atoms with Gasteiger partial charge in [0.2, 0.25) is 15.9 Å². The van der Waals surface area contributed by atoms with Crippen LogP contribution in [0, 0.1) is 6.92 Å². The number of sulfonamides is 1. The molecule has 1 heterocycles. The Balaban J connectivity index is 1.63. The second-order valence-corrected chi connectivity index (χ2v) is 9.01. The molecule has 0 fully saturated rings. The maximum absolute atomic E-state index is 13.0. The Labute approximate surface area is 181 Å². The van der Waals surface area contributed by atoms with Gasteiger partial charge in [-0.3, -0.25) is 4.79 Å². The average molecular weight is 435 g/mol. The van der Waals surface area contributed by atoms with E-state index in [2.05, 4.69) is 10.0 Å². The molecule has 1 aromatic heterocycles. The smallest absolute Gasteiger partial charge is 0.241 e. The van der Waals surface area contributed by atoms with Crippen molar-refractivity contribution >= 4 is 32.6 Å². The maximum Gasteiger partial charge on any atom is 0.241 e. The van der Waals surface area contributed by atoms with Crippen LogP contribution in [0.2, 0.25) is 0 Å². The third-order valence-corrected chi connectivity index (χ3v) is 6.35. The summed E-state index contributed by atoms with van der Waals surface area (Å²) in [5.41, 5.74) is 2.22. The zero-order valence-corrected chi connectivity index (χ0v) is 17.7. The van der Waals surface area contributed by atoms with Crippen molar-refractivity contribution in [3.8, 4) is 0 Å². The standard InChI is InChI=1S/C24H22N2O4S/c1-17-11-13-20(14-12-17)31(28,29)26-21(16-24(27)25-19-8-3-2-4-9-19)23-15-18-7-5-6-10-22(18)30-23/h2-15,21,26H,16H2,1H3,(H,25,27). The van der Waals surface area contributed by atoms with Crippen molar-refractivity contribution < 1.29 is 17.6 Å². The second-order valence-electron chi connectivity index (χ2n) is 7.29. The summed E-state index contributed by atoms with van der Waals surface area (Å²) in [4.78, 5) is 12.8. The monoisotopic (exact) mass is 434 g/mol. The molecule has 0 saturated heterocycles. The quantitative estimate of drug-likeness (QED) is 0.438. The molecule has 0 aliphatic heterocycles. The molecule has 4 rings (SSSR count). The molecule has 0 radical (unpaired) electrons. The van der Waals surface area contributed by atoms with Gasteiger partial charge in [-0.15, -0.1) is 0 Å². The number of carbonyl (C=O) groups excluding carboxylic acids is 1. The van der Waals surface area contributed by atoms with Crippen molar-refractivity contribution in [2.24, 2.45) is 0 Å². The largest absolute Gasteiger partial charge is 0.459 e. The van der Waals surface area contributed by atoms with E-state index in [4.69, 9.17) is 4.42 Å². The number of rotatable bonds is 7. The van der Waals surface area contributed by atoms with E-state index in [0.29, 0.717) is 17.0 Å². The number of furan rings is 1.